The molecule has 7 nitrogen and oxygen atoms in total. The van der Waals surface area contributed by atoms with Gasteiger partial charge in [-0.3, -0.25) is 9.78 Å². The molecular formula is C21H24N4O3. The van der Waals surface area contributed by atoms with E-state index in [2.05, 4.69) is 10.3 Å². The number of likely N-dealkylation sites (N-methyl/N-ethyl adjacent to an activating group) is 1. The molecule has 0 bridgehead atoms. The van der Waals surface area contributed by atoms with Crippen molar-refractivity contribution in [2.45, 2.75) is 32.0 Å². The number of fused-ring (bicyclic) bond motifs is 1. The van der Waals surface area contributed by atoms with Crippen LogP contribution in [0.2, 0.25) is 0 Å². The Labute approximate surface area is 164 Å². The Bertz CT molecular complexity index is 837. The van der Waals surface area contributed by atoms with Crippen LogP contribution in [0.1, 0.15) is 34.5 Å². The average molecular weight is 380 g/mol. The largest absolute Gasteiger partial charge is 0.376 e. The first kappa shape index (κ1) is 18.4. The average Bonchev–Trinajstić information content (AvgIpc) is 3.37. The predicted octanol–water partition coefficient (Wildman–Crippen LogP) is 2.88. The Morgan fingerprint density at radius 2 is 2.07 bits per heavy atom. The molecule has 1 fully saturated rings. The zero-order valence-corrected chi connectivity index (χ0v) is 15.9. The zero-order valence-electron chi connectivity index (χ0n) is 15.9. The predicted molar refractivity (Wildman–Crippen MR) is 105 cm³/mol. The van der Waals surface area contributed by atoms with E-state index in [1.54, 1.807) is 47.3 Å². The van der Waals surface area contributed by atoms with Gasteiger partial charge in [-0.1, -0.05) is 6.07 Å². The molecule has 146 valence electrons. The molecule has 3 heterocycles. The monoisotopic (exact) mass is 380 g/mol. The molecule has 28 heavy (non-hydrogen) atoms. The van der Waals surface area contributed by atoms with E-state index >= 15 is 0 Å². The van der Waals surface area contributed by atoms with Gasteiger partial charge in [0.25, 0.3) is 5.91 Å². The van der Waals surface area contributed by atoms with Crippen LogP contribution in [-0.2, 0) is 17.8 Å². The Morgan fingerprint density at radius 1 is 1.25 bits per heavy atom. The number of benzene rings is 1. The zero-order chi connectivity index (χ0) is 19.5. The summed E-state index contributed by atoms with van der Waals surface area (Å²) >= 11 is 0. The van der Waals surface area contributed by atoms with Crippen molar-refractivity contribution in [1.82, 2.24) is 14.8 Å². The number of anilines is 1. The number of pyridine rings is 1. The number of rotatable bonds is 4. The van der Waals surface area contributed by atoms with Crippen molar-refractivity contribution in [1.29, 1.82) is 0 Å². The van der Waals surface area contributed by atoms with Crippen molar-refractivity contribution in [3.05, 3.63) is 59.4 Å². The van der Waals surface area contributed by atoms with Crippen molar-refractivity contribution < 1.29 is 14.3 Å². The van der Waals surface area contributed by atoms with E-state index in [9.17, 15) is 9.59 Å². The van der Waals surface area contributed by atoms with Gasteiger partial charge >= 0.3 is 6.03 Å². The number of carbonyl (C=O) groups excluding carboxylic acids is 2. The second-order valence-electron chi connectivity index (χ2n) is 7.29. The molecule has 1 aromatic carbocycles. The smallest absolute Gasteiger partial charge is 0.322 e. The van der Waals surface area contributed by atoms with Crippen LogP contribution in [0.3, 0.4) is 0 Å². The van der Waals surface area contributed by atoms with Crippen LogP contribution < -0.4 is 5.32 Å². The number of hydrogen-bond acceptors (Lipinski definition) is 4. The number of aromatic nitrogens is 1. The Balaban J connectivity index is 1.33. The van der Waals surface area contributed by atoms with Gasteiger partial charge in [-0.25, -0.2) is 4.79 Å². The highest BCUT2D eigenvalue weighted by molar-refractivity contribution is 5.95. The van der Waals surface area contributed by atoms with Crippen LogP contribution in [-0.4, -0.2) is 53.0 Å². The van der Waals surface area contributed by atoms with Crippen molar-refractivity contribution in [2.75, 3.05) is 25.5 Å². The van der Waals surface area contributed by atoms with Crippen LogP contribution in [0.4, 0.5) is 10.5 Å². The standard InChI is InChI=1S/C21H24N4O3/c1-24(13-18-5-3-11-28-18)20(26)15-6-8-17(9-7-15)23-21(27)25-12-16-4-2-10-22-19(16)14-25/h2,4,6-10,18H,3,5,11-14H2,1H3,(H,23,27). The van der Waals surface area contributed by atoms with E-state index in [1.165, 1.54) is 0 Å². The second kappa shape index (κ2) is 7.98. The first-order valence-electron chi connectivity index (χ1n) is 9.56. The highest BCUT2D eigenvalue weighted by atomic mass is 16.5. The van der Waals surface area contributed by atoms with Crippen LogP contribution in [0.5, 0.6) is 0 Å². The van der Waals surface area contributed by atoms with Gasteiger partial charge in [0.05, 0.1) is 18.3 Å². The fourth-order valence-electron chi connectivity index (χ4n) is 3.64. The number of nitrogens with zero attached hydrogens (tertiary/aromatic N) is 3. The lowest BCUT2D eigenvalue weighted by molar-refractivity contribution is 0.0587. The van der Waals surface area contributed by atoms with Crippen LogP contribution in [0.25, 0.3) is 0 Å². The molecule has 1 N–H and O–H groups in total. The van der Waals surface area contributed by atoms with Crippen LogP contribution in [0, 0.1) is 0 Å². The minimum absolute atomic E-state index is 0.0468. The molecule has 1 saturated heterocycles. The van der Waals surface area contributed by atoms with E-state index in [4.69, 9.17) is 4.74 Å². The van der Waals surface area contributed by atoms with Crippen molar-refractivity contribution in [3.63, 3.8) is 0 Å². The third-order valence-electron chi connectivity index (χ3n) is 5.20. The molecule has 2 aromatic rings. The number of nitrogens with one attached hydrogen (secondary N) is 1. The fourth-order valence-corrected chi connectivity index (χ4v) is 3.64. The third kappa shape index (κ3) is 3.99. The highest BCUT2D eigenvalue weighted by Gasteiger charge is 2.24. The van der Waals surface area contributed by atoms with Crippen molar-refractivity contribution in [2.24, 2.45) is 0 Å². The SMILES string of the molecule is CN(CC1CCCO1)C(=O)c1ccc(NC(=O)N2Cc3cccnc3C2)cc1. The maximum Gasteiger partial charge on any atom is 0.322 e. The Kier molecular flexibility index (Phi) is 5.25. The molecule has 1 aromatic heterocycles. The molecule has 4 rings (SSSR count). The summed E-state index contributed by atoms with van der Waals surface area (Å²) in [5, 5.41) is 2.89. The second-order valence-corrected chi connectivity index (χ2v) is 7.29. The molecule has 7 heteroatoms. The lowest BCUT2D eigenvalue weighted by Gasteiger charge is -2.21. The van der Waals surface area contributed by atoms with Gasteiger partial charge in [0.1, 0.15) is 0 Å². The lowest BCUT2D eigenvalue weighted by Crippen LogP contribution is -2.34. The number of urea groups is 1. The Morgan fingerprint density at radius 3 is 2.79 bits per heavy atom. The number of hydrogen-bond donors (Lipinski definition) is 1. The van der Waals surface area contributed by atoms with Crippen LogP contribution in [0.15, 0.2) is 42.6 Å². The van der Waals surface area contributed by atoms with Gasteiger partial charge < -0.3 is 19.9 Å². The maximum absolute atomic E-state index is 12.6. The van der Waals surface area contributed by atoms with Gasteiger partial charge in [-0.05, 0) is 48.7 Å². The van der Waals surface area contributed by atoms with E-state index < -0.39 is 0 Å². The van der Waals surface area contributed by atoms with E-state index in [-0.39, 0.29) is 18.0 Å². The topological polar surface area (TPSA) is 74.8 Å². The molecule has 0 radical (unpaired) electrons. The maximum atomic E-state index is 12.6. The summed E-state index contributed by atoms with van der Waals surface area (Å²) in [6, 6.07) is 10.7. The minimum Gasteiger partial charge on any atom is -0.376 e. The summed E-state index contributed by atoms with van der Waals surface area (Å²) in [6.45, 7) is 2.44. The number of amides is 3. The van der Waals surface area contributed by atoms with Gasteiger partial charge in [-0.2, -0.15) is 0 Å². The quantitative estimate of drug-likeness (QED) is 0.885. The van der Waals surface area contributed by atoms with Crippen molar-refractivity contribution >= 4 is 17.6 Å². The molecule has 0 saturated carbocycles. The first-order chi connectivity index (χ1) is 13.6. The molecule has 3 amide bonds. The normalized spacial score (nSPS) is 18.0. The lowest BCUT2D eigenvalue weighted by atomic mass is 10.1. The fraction of sp³-hybridized carbons (Fsp3) is 0.381. The van der Waals surface area contributed by atoms with Gasteiger partial charge in [0, 0.05) is 44.2 Å². The molecule has 2 aliphatic heterocycles. The Hall–Kier alpha value is -2.93. The summed E-state index contributed by atoms with van der Waals surface area (Å²) in [5.41, 5.74) is 3.27. The molecular weight excluding hydrogens is 356 g/mol. The summed E-state index contributed by atoms with van der Waals surface area (Å²) in [4.78, 5) is 32.8. The molecule has 0 spiro atoms. The van der Waals surface area contributed by atoms with E-state index in [0.29, 0.717) is 30.9 Å². The summed E-state index contributed by atoms with van der Waals surface area (Å²) < 4.78 is 5.59. The number of carbonyl (C=O) groups is 2. The van der Waals surface area contributed by atoms with E-state index in [0.717, 1.165) is 30.7 Å². The van der Waals surface area contributed by atoms with Gasteiger partial charge in [-0.15, -0.1) is 0 Å². The van der Waals surface area contributed by atoms with Gasteiger partial charge in [0.15, 0.2) is 0 Å². The highest BCUT2D eigenvalue weighted by Crippen LogP contribution is 2.21. The molecule has 1 unspecified atom stereocenters. The molecule has 2 aliphatic rings. The summed E-state index contributed by atoms with van der Waals surface area (Å²) in [7, 11) is 1.79. The summed E-state index contributed by atoms with van der Waals surface area (Å²) in [5.74, 6) is -0.0468. The van der Waals surface area contributed by atoms with Crippen LogP contribution >= 0.6 is 0 Å². The molecule has 1 atom stereocenters. The minimum atomic E-state index is -0.174. The third-order valence-corrected chi connectivity index (χ3v) is 5.20. The first-order valence-corrected chi connectivity index (χ1v) is 9.56. The van der Waals surface area contributed by atoms with Crippen molar-refractivity contribution in [3.8, 4) is 0 Å². The number of ether oxygens (including phenoxy) is 1. The molecule has 0 aliphatic carbocycles. The summed E-state index contributed by atoms with van der Waals surface area (Å²) in [6.07, 6.45) is 3.93. The van der Waals surface area contributed by atoms with E-state index in [1.807, 2.05) is 12.1 Å². The van der Waals surface area contributed by atoms with Gasteiger partial charge in [0.2, 0.25) is 0 Å².